The van der Waals surface area contributed by atoms with Crippen molar-refractivity contribution in [3.05, 3.63) is 17.2 Å². The van der Waals surface area contributed by atoms with E-state index >= 15 is 0 Å². The number of carbonyl (C=O) groups is 1. The number of hydrogen-bond donors (Lipinski definition) is 1. The van der Waals surface area contributed by atoms with Crippen LogP contribution < -0.4 is 14.4 Å². The second kappa shape index (κ2) is 6.44. The molecule has 1 atom stereocenters. The van der Waals surface area contributed by atoms with Crippen molar-refractivity contribution in [2.75, 3.05) is 18.1 Å². The summed E-state index contributed by atoms with van der Waals surface area (Å²) in [6.45, 7) is 5.83. The number of halogens is 1. The number of nitrogens with zero attached hydrogens (tertiary/aromatic N) is 1. The Labute approximate surface area is 135 Å². The number of benzene rings is 1. The van der Waals surface area contributed by atoms with Gasteiger partial charge in [-0.1, -0.05) is 18.5 Å². The van der Waals surface area contributed by atoms with E-state index in [9.17, 15) is 13.2 Å². The average Bonchev–Trinajstić information content (AvgIpc) is 2.44. The van der Waals surface area contributed by atoms with Crippen LogP contribution in [0.1, 0.15) is 27.2 Å². The number of rotatable bonds is 4. The van der Waals surface area contributed by atoms with E-state index in [-0.39, 0.29) is 21.9 Å². The SMILES string of the molecule is CC[C@@H](C)NS(=O)(=O)c1cc2c(cc1Cl)N(C(C)=O)CCO2. The van der Waals surface area contributed by atoms with Crippen molar-refractivity contribution >= 4 is 33.2 Å². The van der Waals surface area contributed by atoms with Crippen LogP contribution >= 0.6 is 11.6 Å². The molecule has 0 fully saturated rings. The minimum atomic E-state index is -3.74. The van der Waals surface area contributed by atoms with Gasteiger partial charge in [-0.05, 0) is 19.4 Å². The summed E-state index contributed by atoms with van der Waals surface area (Å²) in [5, 5.41) is 0.0614. The van der Waals surface area contributed by atoms with Gasteiger partial charge in [0.05, 0.1) is 17.3 Å². The fraction of sp³-hybridized carbons (Fsp3) is 0.500. The van der Waals surface area contributed by atoms with E-state index in [1.165, 1.54) is 24.0 Å². The molecule has 0 bridgehead atoms. The number of nitrogens with one attached hydrogen (secondary N) is 1. The van der Waals surface area contributed by atoms with Gasteiger partial charge in [0.1, 0.15) is 17.3 Å². The van der Waals surface area contributed by atoms with Crippen LogP contribution in [0.3, 0.4) is 0 Å². The molecule has 1 aliphatic heterocycles. The maximum absolute atomic E-state index is 12.4. The molecule has 6 nitrogen and oxygen atoms in total. The second-order valence-corrected chi connectivity index (χ2v) is 7.29. The molecule has 1 aliphatic rings. The Kier molecular flexibility index (Phi) is 4.99. The van der Waals surface area contributed by atoms with Gasteiger partial charge in [0.25, 0.3) is 0 Å². The first kappa shape index (κ1) is 17.1. The molecule has 1 aromatic rings. The molecule has 0 spiro atoms. The molecule has 0 radical (unpaired) electrons. The molecule has 1 N–H and O–H groups in total. The van der Waals surface area contributed by atoms with Gasteiger partial charge in [-0.25, -0.2) is 13.1 Å². The van der Waals surface area contributed by atoms with Crippen LogP contribution in [0.25, 0.3) is 0 Å². The van der Waals surface area contributed by atoms with Crippen molar-refractivity contribution < 1.29 is 17.9 Å². The van der Waals surface area contributed by atoms with Crippen LogP contribution in [0.4, 0.5) is 5.69 Å². The zero-order valence-corrected chi connectivity index (χ0v) is 14.3. The Morgan fingerprint density at radius 2 is 2.18 bits per heavy atom. The Balaban J connectivity index is 2.47. The highest BCUT2D eigenvalue weighted by molar-refractivity contribution is 7.89. The lowest BCUT2D eigenvalue weighted by Gasteiger charge is -2.29. The molecule has 0 aromatic heterocycles. The molecule has 1 aromatic carbocycles. The summed E-state index contributed by atoms with van der Waals surface area (Å²) in [5.74, 6) is 0.198. The number of hydrogen-bond acceptors (Lipinski definition) is 4. The highest BCUT2D eigenvalue weighted by Crippen LogP contribution is 2.38. The van der Waals surface area contributed by atoms with Crippen LogP contribution in [0.5, 0.6) is 5.75 Å². The van der Waals surface area contributed by atoms with E-state index in [0.717, 1.165) is 0 Å². The first-order valence-electron chi connectivity index (χ1n) is 7.03. The molecule has 8 heteroatoms. The molecule has 2 rings (SSSR count). The third-order valence-corrected chi connectivity index (χ3v) is 5.57. The van der Waals surface area contributed by atoms with Gasteiger partial charge in [-0.15, -0.1) is 0 Å². The zero-order chi connectivity index (χ0) is 16.5. The van der Waals surface area contributed by atoms with Crippen LogP contribution in [0.2, 0.25) is 5.02 Å². The average molecular weight is 347 g/mol. The molecule has 122 valence electrons. The molecule has 22 heavy (non-hydrogen) atoms. The molecule has 1 heterocycles. The summed E-state index contributed by atoms with van der Waals surface area (Å²) in [6.07, 6.45) is 0.663. The van der Waals surface area contributed by atoms with E-state index in [1.807, 2.05) is 6.92 Å². The molecule has 0 aliphatic carbocycles. The summed E-state index contributed by atoms with van der Waals surface area (Å²) in [5.41, 5.74) is 0.492. The minimum absolute atomic E-state index is 0.0429. The summed E-state index contributed by atoms with van der Waals surface area (Å²) in [4.78, 5) is 13.1. The largest absolute Gasteiger partial charge is 0.489 e. The number of amides is 1. The summed E-state index contributed by atoms with van der Waals surface area (Å²) < 4.78 is 32.8. The number of fused-ring (bicyclic) bond motifs is 1. The Hall–Kier alpha value is -1.31. The highest BCUT2D eigenvalue weighted by atomic mass is 35.5. The number of anilines is 1. The third kappa shape index (κ3) is 3.37. The van der Waals surface area contributed by atoms with Gasteiger partial charge in [-0.2, -0.15) is 0 Å². The van der Waals surface area contributed by atoms with E-state index < -0.39 is 10.0 Å². The van der Waals surface area contributed by atoms with Gasteiger partial charge < -0.3 is 9.64 Å². The van der Waals surface area contributed by atoms with Gasteiger partial charge in [-0.3, -0.25) is 4.79 Å². The lowest BCUT2D eigenvalue weighted by Crippen LogP contribution is -2.37. The number of sulfonamides is 1. The second-order valence-electron chi connectivity index (χ2n) is 5.20. The van der Waals surface area contributed by atoms with Crippen molar-refractivity contribution in [3.63, 3.8) is 0 Å². The maximum Gasteiger partial charge on any atom is 0.242 e. The smallest absolute Gasteiger partial charge is 0.242 e. The molecular formula is C14H19ClN2O4S. The lowest BCUT2D eigenvalue weighted by atomic mass is 10.2. The Morgan fingerprint density at radius 3 is 2.77 bits per heavy atom. The van der Waals surface area contributed by atoms with Gasteiger partial charge in [0, 0.05) is 19.0 Å². The molecule has 1 amide bonds. The van der Waals surface area contributed by atoms with Crippen molar-refractivity contribution in [2.24, 2.45) is 0 Å². The first-order valence-corrected chi connectivity index (χ1v) is 8.89. The fourth-order valence-electron chi connectivity index (χ4n) is 2.16. The Morgan fingerprint density at radius 1 is 1.50 bits per heavy atom. The molecule has 0 unspecified atom stereocenters. The minimum Gasteiger partial charge on any atom is -0.489 e. The van der Waals surface area contributed by atoms with Gasteiger partial charge in [0.2, 0.25) is 15.9 Å². The van der Waals surface area contributed by atoms with Crippen LogP contribution in [0.15, 0.2) is 17.0 Å². The fourth-order valence-corrected chi connectivity index (χ4v) is 4.03. The van der Waals surface area contributed by atoms with E-state index in [0.29, 0.717) is 31.0 Å². The summed E-state index contributed by atoms with van der Waals surface area (Å²) in [7, 11) is -3.74. The predicted octanol–water partition coefficient (Wildman–Crippen LogP) is 2.16. The zero-order valence-electron chi connectivity index (χ0n) is 12.7. The van der Waals surface area contributed by atoms with E-state index in [1.54, 1.807) is 6.92 Å². The van der Waals surface area contributed by atoms with Crippen molar-refractivity contribution in [3.8, 4) is 5.75 Å². The van der Waals surface area contributed by atoms with E-state index in [4.69, 9.17) is 16.3 Å². The summed E-state index contributed by atoms with van der Waals surface area (Å²) >= 11 is 6.13. The monoisotopic (exact) mass is 346 g/mol. The lowest BCUT2D eigenvalue weighted by molar-refractivity contribution is -0.116. The molecule has 0 saturated heterocycles. The van der Waals surface area contributed by atoms with E-state index in [2.05, 4.69) is 4.72 Å². The standard InChI is InChI=1S/C14H19ClN2O4S/c1-4-9(2)16-22(19,20)14-8-13-12(7-11(14)15)17(10(3)18)5-6-21-13/h7-9,16H,4-6H2,1-3H3/t9-/m1/s1. The highest BCUT2D eigenvalue weighted by Gasteiger charge is 2.27. The first-order chi connectivity index (χ1) is 10.3. The third-order valence-electron chi connectivity index (χ3n) is 3.52. The van der Waals surface area contributed by atoms with Crippen molar-refractivity contribution in [1.29, 1.82) is 0 Å². The van der Waals surface area contributed by atoms with Crippen molar-refractivity contribution in [1.82, 2.24) is 4.72 Å². The summed E-state index contributed by atoms with van der Waals surface area (Å²) in [6, 6.07) is 2.63. The maximum atomic E-state index is 12.4. The Bertz CT molecular complexity index is 690. The normalized spacial score (nSPS) is 15.9. The van der Waals surface area contributed by atoms with Crippen molar-refractivity contribution in [2.45, 2.75) is 38.1 Å². The molecule has 0 saturated carbocycles. The van der Waals surface area contributed by atoms with Gasteiger partial charge >= 0.3 is 0 Å². The topological polar surface area (TPSA) is 75.7 Å². The number of carbonyl (C=O) groups excluding carboxylic acids is 1. The number of ether oxygens (including phenoxy) is 1. The van der Waals surface area contributed by atoms with Crippen LogP contribution in [0, 0.1) is 0 Å². The molecular weight excluding hydrogens is 328 g/mol. The predicted molar refractivity (Wildman–Crippen MR) is 85.0 cm³/mol. The van der Waals surface area contributed by atoms with Crippen LogP contribution in [-0.4, -0.2) is 33.5 Å². The van der Waals surface area contributed by atoms with Crippen LogP contribution in [-0.2, 0) is 14.8 Å². The van der Waals surface area contributed by atoms with Gasteiger partial charge in [0.15, 0.2) is 0 Å². The quantitative estimate of drug-likeness (QED) is 0.906.